The Balaban J connectivity index is 1.54. The fourth-order valence-electron chi connectivity index (χ4n) is 4.46. The predicted octanol–water partition coefficient (Wildman–Crippen LogP) is 1.61. The van der Waals surface area contributed by atoms with E-state index in [1.165, 1.54) is 19.4 Å². The molecule has 3 aliphatic heterocycles. The van der Waals surface area contributed by atoms with Crippen LogP contribution in [0.5, 0.6) is 11.5 Å². The Bertz CT molecular complexity index is 990. The Morgan fingerprint density at radius 1 is 1.36 bits per heavy atom. The highest BCUT2D eigenvalue weighted by molar-refractivity contribution is 5.99. The van der Waals surface area contributed by atoms with Crippen LogP contribution in [0, 0.1) is 11.8 Å². The molecule has 144 valence electrons. The van der Waals surface area contributed by atoms with E-state index in [0.29, 0.717) is 11.1 Å². The van der Waals surface area contributed by atoms with Crippen molar-refractivity contribution < 1.29 is 38.7 Å². The summed E-state index contributed by atoms with van der Waals surface area (Å²) in [7, 11) is 1.43. The molecular weight excluding hydrogens is 368 g/mol. The number of allylic oxidation sites excluding steroid dienone is 1. The summed E-state index contributed by atoms with van der Waals surface area (Å²) < 4.78 is 22.3. The highest BCUT2D eigenvalue weighted by atomic mass is 16.7. The molecule has 1 aromatic carbocycles. The maximum Gasteiger partial charge on any atom is 0.337 e. The molecular formula is C20H16O8. The van der Waals surface area contributed by atoms with Crippen molar-refractivity contribution in [3.05, 3.63) is 53.3 Å². The molecule has 8 nitrogen and oxygen atoms in total. The summed E-state index contributed by atoms with van der Waals surface area (Å²) in [5.74, 6) is -2.27. The number of carbonyl (C=O) groups is 2. The van der Waals surface area contributed by atoms with Crippen molar-refractivity contribution in [1.29, 1.82) is 0 Å². The van der Waals surface area contributed by atoms with Crippen LogP contribution in [0.4, 0.5) is 0 Å². The lowest BCUT2D eigenvalue weighted by Crippen LogP contribution is -2.43. The SMILES string of the molecule is COc1cc(C=C2C(=O)O[C@]34C=C[C@@H]5C(C(=O)O)=CO[C@H](O[C@@H]23)[C@@H]54)ccc1O. The Hall–Kier alpha value is -3.26. The number of phenolic OH excluding ortho intramolecular Hbond substituents is 1. The Labute approximate surface area is 159 Å². The second-order valence-corrected chi connectivity index (χ2v) is 7.08. The summed E-state index contributed by atoms with van der Waals surface area (Å²) in [6.45, 7) is 0. The van der Waals surface area contributed by atoms with Crippen LogP contribution in [0.3, 0.4) is 0 Å². The first-order valence-corrected chi connectivity index (χ1v) is 8.70. The van der Waals surface area contributed by atoms with E-state index in [1.54, 1.807) is 30.4 Å². The van der Waals surface area contributed by atoms with Gasteiger partial charge in [0.25, 0.3) is 0 Å². The molecule has 2 saturated heterocycles. The number of carboxylic acids is 1. The van der Waals surface area contributed by atoms with Crippen molar-refractivity contribution >= 4 is 18.0 Å². The summed E-state index contributed by atoms with van der Waals surface area (Å²) in [5.41, 5.74) is -0.0574. The first-order valence-electron chi connectivity index (χ1n) is 8.70. The minimum atomic E-state index is -1.09. The average molecular weight is 384 g/mol. The molecule has 2 N–H and O–H groups in total. The average Bonchev–Trinajstić information content (AvgIpc) is 3.27. The van der Waals surface area contributed by atoms with Gasteiger partial charge < -0.3 is 29.2 Å². The molecule has 1 spiro atoms. The third-order valence-corrected chi connectivity index (χ3v) is 5.69. The number of ether oxygens (including phenoxy) is 4. The molecule has 0 saturated carbocycles. The smallest absolute Gasteiger partial charge is 0.337 e. The molecule has 0 radical (unpaired) electrons. The van der Waals surface area contributed by atoms with E-state index in [-0.39, 0.29) is 17.1 Å². The molecule has 1 aliphatic carbocycles. The summed E-state index contributed by atoms with van der Waals surface area (Å²) in [6.07, 6.45) is 4.85. The van der Waals surface area contributed by atoms with Gasteiger partial charge in [-0.3, -0.25) is 0 Å². The van der Waals surface area contributed by atoms with E-state index in [2.05, 4.69) is 0 Å². The van der Waals surface area contributed by atoms with Crippen LogP contribution in [0.1, 0.15) is 5.56 Å². The van der Waals surface area contributed by atoms with Gasteiger partial charge in [-0.05, 0) is 29.8 Å². The van der Waals surface area contributed by atoms with Gasteiger partial charge in [-0.25, -0.2) is 9.59 Å². The highest BCUT2D eigenvalue weighted by Gasteiger charge is 2.70. The van der Waals surface area contributed by atoms with E-state index >= 15 is 0 Å². The van der Waals surface area contributed by atoms with Crippen molar-refractivity contribution in [1.82, 2.24) is 0 Å². The number of carbonyl (C=O) groups excluding carboxylic acids is 1. The molecule has 5 rings (SSSR count). The maximum absolute atomic E-state index is 12.6. The van der Waals surface area contributed by atoms with Crippen LogP contribution in [-0.4, -0.2) is 47.3 Å². The lowest BCUT2D eigenvalue weighted by atomic mass is 9.78. The fraction of sp³-hybridized carbons (Fsp3) is 0.300. The Kier molecular flexibility index (Phi) is 3.39. The number of phenols is 1. The first kappa shape index (κ1) is 16.9. The van der Waals surface area contributed by atoms with E-state index in [4.69, 9.17) is 18.9 Å². The van der Waals surface area contributed by atoms with Crippen molar-refractivity contribution in [2.75, 3.05) is 7.11 Å². The number of esters is 1. The third-order valence-electron chi connectivity index (χ3n) is 5.69. The lowest BCUT2D eigenvalue weighted by molar-refractivity contribution is -0.151. The topological polar surface area (TPSA) is 112 Å². The number of aliphatic carboxylic acids is 1. The number of carboxylic acid groups (broad SMARTS) is 1. The van der Waals surface area contributed by atoms with Crippen LogP contribution in [-0.2, 0) is 23.8 Å². The number of methoxy groups -OCH3 is 1. The molecule has 0 amide bonds. The van der Waals surface area contributed by atoms with Crippen LogP contribution >= 0.6 is 0 Å². The predicted molar refractivity (Wildman–Crippen MR) is 93.0 cm³/mol. The minimum Gasteiger partial charge on any atom is -0.504 e. The van der Waals surface area contributed by atoms with Gasteiger partial charge in [-0.15, -0.1) is 0 Å². The summed E-state index contributed by atoms with van der Waals surface area (Å²) in [4.78, 5) is 24.1. The standard InChI is InChI=1S/C20H16O8/c1-25-14-7-9(2-3-13(14)21)6-11-16-20(28-18(11)24)5-4-10-12(17(22)23)8-26-19(27-16)15(10)20/h2-8,10,15-16,19,21H,1H3,(H,22,23)/t10-,15-,16+,19-,20+/m1/s1. The Morgan fingerprint density at radius 2 is 2.18 bits per heavy atom. The van der Waals surface area contributed by atoms with Gasteiger partial charge in [0.1, 0.15) is 6.10 Å². The second-order valence-electron chi connectivity index (χ2n) is 7.08. The largest absolute Gasteiger partial charge is 0.504 e. The van der Waals surface area contributed by atoms with E-state index < -0.39 is 41.8 Å². The van der Waals surface area contributed by atoms with Crippen molar-refractivity contribution in [3.8, 4) is 11.5 Å². The molecule has 0 unspecified atom stereocenters. The van der Waals surface area contributed by atoms with Gasteiger partial charge in [0, 0.05) is 5.92 Å². The van der Waals surface area contributed by atoms with E-state index in [9.17, 15) is 19.8 Å². The molecule has 4 aliphatic rings. The zero-order valence-corrected chi connectivity index (χ0v) is 14.7. The van der Waals surface area contributed by atoms with Crippen molar-refractivity contribution in [2.24, 2.45) is 11.8 Å². The van der Waals surface area contributed by atoms with Crippen LogP contribution < -0.4 is 4.74 Å². The molecule has 1 aromatic rings. The molecule has 5 atom stereocenters. The van der Waals surface area contributed by atoms with Gasteiger partial charge in [-0.2, -0.15) is 0 Å². The number of benzene rings is 1. The lowest BCUT2D eigenvalue weighted by Gasteiger charge is -2.32. The van der Waals surface area contributed by atoms with Crippen molar-refractivity contribution in [2.45, 2.75) is 18.0 Å². The zero-order valence-electron chi connectivity index (χ0n) is 14.7. The monoisotopic (exact) mass is 384 g/mol. The van der Waals surface area contributed by atoms with Gasteiger partial charge in [0.2, 0.25) is 6.29 Å². The van der Waals surface area contributed by atoms with Gasteiger partial charge in [0.15, 0.2) is 17.1 Å². The fourth-order valence-corrected chi connectivity index (χ4v) is 4.46. The first-order chi connectivity index (χ1) is 13.4. The quantitative estimate of drug-likeness (QED) is 0.459. The molecule has 0 aromatic heterocycles. The summed E-state index contributed by atoms with van der Waals surface area (Å²) in [6, 6.07) is 4.70. The Morgan fingerprint density at radius 3 is 2.93 bits per heavy atom. The van der Waals surface area contributed by atoms with E-state index in [1.807, 2.05) is 0 Å². The number of rotatable bonds is 3. The second kappa shape index (κ2) is 5.62. The molecule has 28 heavy (non-hydrogen) atoms. The molecule has 8 heteroatoms. The molecule has 2 fully saturated rings. The summed E-state index contributed by atoms with van der Waals surface area (Å²) >= 11 is 0. The third kappa shape index (κ3) is 2.09. The van der Waals surface area contributed by atoms with Crippen LogP contribution in [0.2, 0.25) is 0 Å². The summed E-state index contributed by atoms with van der Waals surface area (Å²) in [5, 5.41) is 19.2. The highest BCUT2D eigenvalue weighted by Crippen LogP contribution is 2.58. The number of aromatic hydroxyl groups is 1. The number of hydrogen-bond donors (Lipinski definition) is 2. The number of hydrogen-bond acceptors (Lipinski definition) is 7. The van der Waals surface area contributed by atoms with Crippen LogP contribution in [0.15, 0.2) is 47.8 Å². The minimum absolute atomic E-state index is 0.0134. The zero-order chi connectivity index (χ0) is 19.6. The van der Waals surface area contributed by atoms with Crippen molar-refractivity contribution in [3.63, 3.8) is 0 Å². The van der Waals surface area contributed by atoms with Crippen LogP contribution in [0.25, 0.3) is 6.08 Å². The molecule has 0 bridgehead atoms. The van der Waals surface area contributed by atoms with Gasteiger partial charge in [-0.1, -0.05) is 12.1 Å². The normalized spacial score (nSPS) is 35.8. The van der Waals surface area contributed by atoms with Gasteiger partial charge in [0.05, 0.1) is 30.4 Å². The molecule has 3 heterocycles. The maximum atomic E-state index is 12.6. The van der Waals surface area contributed by atoms with Gasteiger partial charge >= 0.3 is 11.9 Å². The van der Waals surface area contributed by atoms with E-state index in [0.717, 1.165) is 0 Å².